The lowest BCUT2D eigenvalue weighted by atomic mass is 10.1. The first-order valence-electron chi connectivity index (χ1n) is 7.26. The molecule has 6 nitrogen and oxygen atoms in total. The monoisotopic (exact) mass is 305 g/mol. The van der Waals surface area contributed by atoms with Crippen molar-refractivity contribution in [3.8, 4) is 17.3 Å². The maximum absolute atomic E-state index is 11.7. The molecule has 0 aliphatic heterocycles. The molecule has 0 aliphatic rings. The molecule has 0 atom stereocenters. The Hall–Kier alpha value is -3.20. The van der Waals surface area contributed by atoms with Crippen molar-refractivity contribution >= 4 is 17.2 Å². The fourth-order valence-corrected chi connectivity index (χ4v) is 2.63. The van der Waals surface area contributed by atoms with Crippen LogP contribution in [0.25, 0.3) is 16.9 Å². The van der Waals surface area contributed by atoms with Crippen LogP contribution in [0.4, 0.5) is 5.69 Å². The molecular weight excluding hydrogens is 290 g/mol. The first-order chi connectivity index (χ1) is 11.2. The molecule has 23 heavy (non-hydrogen) atoms. The quantitative estimate of drug-likeness (QED) is 0.745. The molecule has 6 heteroatoms. The molecule has 3 aromatic rings. The number of carbonyl (C=O) groups excluding carboxylic acids is 1. The molecule has 2 aromatic heterocycles. The van der Waals surface area contributed by atoms with Crippen molar-refractivity contribution in [3.63, 3.8) is 0 Å². The van der Waals surface area contributed by atoms with Gasteiger partial charge in [0.05, 0.1) is 5.69 Å². The fraction of sp³-hybridized carbons (Fsp3) is 0.176. The van der Waals surface area contributed by atoms with Gasteiger partial charge in [-0.25, -0.2) is 9.97 Å². The number of carbonyl (C=O) groups is 1. The summed E-state index contributed by atoms with van der Waals surface area (Å²) in [5.74, 6) is -0.000997. The Morgan fingerprint density at radius 2 is 2.17 bits per heavy atom. The van der Waals surface area contributed by atoms with Gasteiger partial charge in [0.15, 0.2) is 11.3 Å². The number of hydrogen-bond donors (Lipinski definition) is 0. The van der Waals surface area contributed by atoms with Gasteiger partial charge in [-0.2, -0.15) is 5.26 Å². The second kappa shape index (κ2) is 5.89. The molecule has 0 saturated heterocycles. The molecule has 0 bridgehead atoms. The third-order valence-corrected chi connectivity index (χ3v) is 3.69. The first-order valence-corrected chi connectivity index (χ1v) is 7.26. The van der Waals surface area contributed by atoms with Gasteiger partial charge in [-0.15, -0.1) is 0 Å². The van der Waals surface area contributed by atoms with Crippen LogP contribution >= 0.6 is 0 Å². The van der Waals surface area contributed by atoms with Gasteiger partial charge in [0, 0.05) is 30.9 Å². The molecular formula is C17H15N5O. The number of nitriles is 1. The van der Waals surface area contributed by atoms with Crippen LogP contribution in [0.5, 0.6) is 0 Å². The largest absolute Gasteiger partial charge is 0.313 e. The van der Waals surface area contributed by atoms with Crippen LogP contribution in [-0.4, -0.2) is 26.8 Å². The molecule has 0 N–H and O–H groups in total. The summed E-state index contributed by atoms with van der Waals surface area (Å²) in [7, 11) is 0. The van der Waals surface area contributed by atoms with E-state index in [4.69, 9.17) is 5.26 Å². The van der Waals surface area contributed by atoms with Crippen molar-refractivity contribution in [2.24, 2.45) is 0 Å². The number of nitrogens with zero attached hydrogens (tertiary/aromatic N) is 5. The Morgan fingerprint density at radius 1 is 1.35 bits per heavy atom. The number of imidazole rings is 1. The Morgan fingerprint density at radius 3 is 2.87 bits per heavy atom. The van der Waals surface area contributed by atoms with E-state index in [1.807, 2.05) is 43.3 Å². The summed E-state index contributed by atoms with van der Waals surface area (Å²) in [6.45, 7) is 4.10. The molecule has 0 spiro atoms. The van der Waals surface area contributed by atoms with E-state index in [1.54, 1.807) is 28.7 Å². The predicted octanol–water partition coefficient (Wildman–Crippen LogP) is 2.64. The second-order valence-corrected chi connectivity index (χ2v) is 5.04. The Labute approximate surface area is 133 Å². The van der Waals surface area contributed by atoms with E-state index in [0.717, 1.165) is 16.9 Å². The van der Waals surface area contributed by atoms with Crippen molar-refractivity contribution in [3.05, 3.63) is 48.5 Å². The fourth-order valence-electron chi connectivity index (χ4n) is 2.63. The minimum atomic E-state index is -0.000997. The summed E-state index contributed by atoms with van der Waals surface area (Å²) >= 11 is 0. The highest BCUT2D eigenvalue weighted by Gasteiger charge is 2.13. The zero-order chi connectivity index (χ0) is 16.4. The van der Waals surface area contributed by atoms with Crippen LogP contribution < -0.4 is 4.90 Å². The van der Waals surface area contributed by atoms with Crippen LogP contribution in [0.15, 0.2) is 42.9 Å². The summed E-state index contributed by atoms with van der Waals surface area (Å²) in [6, 6.07) is 11.6. The van der Waals surface area contributed by atoms with Gasteiger partial charge >= 0.3 is 0 Å². The SMILES string of the molecule is CCN(C(C)=O)c1cccc(-c2ccnc3c(C#N)ncn23)c1. The molecule has 0 aliphatic carbocycles. The van der Waals surface area contributed by atoms with E-state index in [2.05, 4.69) is 9.97 Å². The van der Waals surface area contributed by atoms with E-state index in [9.17, 15) is 4.79 Å². The second-order valence-electron chi connectivity index (χ2n) is 5.04. The highest BCUT2D eigenvalue weighted by Crippen LogP contribution is 2.25. The van der Waals surface area contributed by atoms with Gasteiger partial charge in [0.2, 0.25) is 5.91 Å². The highest BCUT2D eigenvalue weighted by molar-refractivity contribution is 5.92. The normalized spacial score (nSPS) is 10.5. The maximum atomic E-state index is 11.7. The lowest BCUT2D eigenvalue weighted by Crippen LogP contribution is -2.27. The Bertz CT molecular complexity index is 922. The van der Waals surface area contributed by atoms with Crippen molar-refractivity contribution in [1.82, 2.24) is 14.4 Å². The van der Waals surface area contributed by atoms with E-state index in [1.165, 1.54) is 0 Å². The molecule has 2 heterocycles. The van der Waals surface area contributed by atoms with E-state index in [0.29, 0.717) is 17.9 Å². The minimum Gasteiger partial charge on any atom is -0.313 e. The van der Waals surface area contributed by atoms with Crippen LogP contribution in [0, 0.1) is 11.3 Å². The standard InChI is InChI=1S/C17H15N5O/c1-3-21(12(2)23)14-6-4-5-13(9-14)16-7-8-19-17-15(10-18)20-11-22(16)17/h4-9,11H,3H2,1-2H3. The lowest BCUT2D eigenvalue weighted by molar-refractivity contribution is -0.116. The predicted molar refractivity (Wildman–Crippen MR) is 86.8 cm³/mol. The van der Waals surface area contributed by atoms with Crippen molar-refractivity contribution < 1.29 is 4.79 Å². The van der Waals surface area contributed by atoms with Crippen molar-refractivity contribution in [2.45, 2.75) is 13.8 Å². The molecule has 0 saturated carbocycles. The van der Waals surface area contributed by atoms with Gasteiger partial charge in [0.1, 0.15) is 12.4 Å². The summed E-state index contributed by atoms with van der Waals surface area (Å²) in [4.78, 5) is 21.7. The Balaban J connectivity index is 2.15. The number of fused-ring (bicyclic) bond motifs is 1. The summed E-state index contributed by atoms with van der Waals surface area (Å²) in [5, 5.41) is 9.09. The average molecular weight is 305 g/mol. The molecule has 0 fully saturated rings. The summed E-state index contributed by atoms with van der Waals surface area (Å²) in [6.07, 6.45) is 3.24. The van der Waals surface area contributed by atoms with Gasteiger partial charge in [-0.05, 0) is 25.1 Å². The molecule has 114 valence electrons. The number of amides is 1. The van der Waals surface area contributed by atoms with Gasteiger partial charge in [0.25, 0.3) is 0 Å². The molecule has 1 amide bonds. The highest BCUT2D eigenvalue weighted by atomic mass is 16.2. The third kappa shape index (κ3) is 2.53. The van der Waals surface area contributed by atoms with E-state index >= 15 is 0 Å². The zero-order valence-corrected chi connectivity index (χ0v) is 12.9. The van der Waals surface area contributed by atoms with E-state index < -0.39 is 0 Å². The maximum Gasteiger partial charge on any atom is 0.223 e. The number of anilines is 1. The average Bonchev–Trinajstić information content (AvgIpc) is 2.98. The number of aromatic nitrogens is 3. The van der Waals surface area contributed by atoms with Crippen LogP contribution in [0.1, 0.15) is 19.5 Å². The van der Waals surface area contributed by atoms with Gasteiger partial charge < -0.3 is 4.90 Å². The van der Waals surface area contributed by atoms with Crippen LogP contribution in [0.3, 0.4) is 0 Å². The van der Waals surface area contributed by atoms with Crippen molar-refractivity contribution in [1.29, 1.82) is 5.26 Å². The molecule has 3 rings (SSSR count). The van der Waals surface area contributed by atoms with Gasteiger partial charge in [-0.3, -0.25) is 9.20 Å². The summed E-state index contributed by atoms with van der Waals surface area (Å²) in [5.41, 5.74) is 3.45. The van der Waals surface area contributed by atoms with E-state index in [-0.39, 0.29) is 5.91 Å². The number of rotatable bonds is 3. The minimum absolute atomic E-state index is 0.000997. The van der Waals surface area contributed by atoms with Gasteiger partial charge in [-0.1, -0.05) is 12.1 Å². The van der Waals surface area contributed by atoms with Crippen LogP contribution in [0.2, 0.25) is 0 Å². The zero-order valence-electron chi connectivity index (χ0n) is 12.9. The molecule has 1 aromatic carbocycles. The van der Waals surface area contributed by atoms with Crippen LogP contribution in [-0.2, 0) is 4.79 Å². The lowest BCUT2D eigenvalue weighted by Gasteiger charge is -2.20. The third-order valence-electron chi connectivity index (χ3n) is 3.69. The first kappa shape index (κ1) is 14.7. The molecule has 0 radical (unpaired) electrons. The molecule has 0 unspecified atom stereocenters. The topological polar surface area (TPSA) is 74.3 Å². The number of benzene rings is 1. The Kier molecular flexibility index (Phi) is 3.77. The summed E-state index contributed by atoms with van der Waals surface area (Å²) < 4.78 is 1.78. The number of hydrogen-bond acceptors (Lipinski definition) is 4. The van der Waals surface area contributed by atoms with Crippen molar-refractivity contribution in [2.75, 3.05) is 11.4 Å². The smallest absolute Gasteiger partial charge is 0.223 e.